The van der Waals surface area contributed by atoms with Crippen LogP contribution in [0.3, 0.4) is 0 Å². The number of carbonyl (C=O) groups is 3. The number of hydrogen-bond donors (Lipinski definition) is 2. The van der Waals surface area contributed by atoms with Crippen LogP contribution >= 0.6 is 0 Å². The van der Waals surface area contributed by atoms with Crippen LogP contribution in [-0.4, -0.2) is 46.2 Å². The van der Waals surface area contributed by atoms with Crippen LogP contribution in [0, 0.1) is 11.3 Å². The van der Waals surface area contributed by atoms with Crippen molar-refractivity contribution in [2.24, 2.45) is 11.3 Å². The minimum absolute atomic E-state index is 0.0579. The van der Waals surface area contributed by atoms with Gasteiger partial charge in [-0.1, -0.05) is 34.6 Å². The average Bonchev–Trinajstić information content (AvgIpc) is 2.62. The van der Waals surface area contributed by atoms with Gasteiger partial charge in [0.2, 0.25) is 0 Å². The van der Waals surface area contributed by atoms with Crippen LogP contribution in [0.25, 0.3) is 0 Å². The molecule has 10 heteroatoms. The standard InChI is InChI=1S/C23H33F3N2O5/c1-13(2)12-17(19(29)28(14(3)4)18(20(30)31)22(5,6)7)33-21(32)27-16-10-8-15(9-11-16)23(24,25)26/h8-11,13-14,17-18H,12H2,1-7H3,(H,27,32)(H,30,31)/t17-,18?/m0/s1. The molecule has 186 valence electrons. The molecule has 0 spiro atoms. The first kappa shape index (κ1) is 28.3. The Morgan fingerprint density at radius 1 is 1.03 bits per heavy atom. The lowest BCUT2D eigenvalue weighted by atomic mass is 9.84. The van der Waals surface area contributed by atoms with E-state index in [4.69, 9.17) is 4.74 Å². The van der Waals surface area contributed by atoms with Crippen molar-refractivity contribution in [3.63, 3.8) is 0 Å². The monoisotopic (exact) mass is 474 g/mol. The summed E-state index contributed by atoms with van der Waals surface area (Å²) in [5.41, 5.74) is -1.61. The Bertz CT molecular complexity index is 830. The van der Waals surface area contributed by atoms with E-state index in [1.165, 1.54) is 4.90 Å². The van der Waals surface area contributed by atoms with Crippen LogP contribution in [0.2, 0.25) is 0 Å². The molecule has 2 amide bonds. The number of carboxylic acids is 1. The number of halogens is 3. The molecule has 1 rings (SSSR count). The number of ether oxygens (including phenoxy) is 1. The minimum atomic E-state index is -4.51. The summed E-state index contributed by atoms with van der Waals surface area (Å²) in [4.78, 5) is 39.0. The van der Waals surface area contributed by atoms with E-state index in [1.54, 1.807) is 34.6 Å². The summed E-state index contributed by atoms with van der Waals surface area (Å²) in [5, 5.41) is 12.1. The molecule has 0 heterocycles. The van der Waals surface area contributed by atoms with Gasteiger partial charge in [0.25, 0.3) is 5.91 Å². The maximum Gasteiger partial charge on any atom is 0.416 e. The van der Waals surface area contributed by atoms with Gasteiger partial charge >= 0.3 is 18.2 Å². The maximum atomic E-state index is 13.4. The van der Waals surface area contributed by atoms with E-state index in [-0.39, 0.29) is 18.0 Å². The first-order valence-corrected chi connectivity index (χ1v) is 10.6. The van der Waals surface area contributed by atoms with Crippen molar-refractivity contribution in [1.29, 1.82) is 0 Å². The molecule has 0 saturated carbocycles. The number of nitrogens with one attached hydrogen (secondary N) is 1. The van der Waals surface area contributed by atoms with Gasteiger partial charge in [-0.15, -0.1) is 0 Å². The highest BCUT2D eigenvalue weighted by atomic mass is 19.4. The van der Waals surface area contributed by atoms with Crippen molar-refractivity contribution >= 4 is 23.7 Å². The fourth-order valence-corrected chi connectivity index (χ4v) is 3.40. The first-order valence-electron chi connectivity index (χ1n) is 10.6. The third-order valence-electron chi connectivity index (χ3n) is 4.81. The molecule has 7 nitrogen and oxygen atoms in total. The fraction of sp³-hybridized carbons (Fsp3) is 0.609. The van der Waals surface area contributed by atoms with E-state index in [0.717, 1.165) is 24.3 Å². The van der Waals surface area contributed by atoms with Gasteiger partial charge in [-0.05, 0) is 55.9 Å². The Labute approximate surface area is 192 Å². The first-order chi connectivity index (χ1) is 14.9. The molecule has 1 aromatic rings. The number of hydrogen-bond acceptors (Lipinski definition) is 4. The van der Waals surface area contributed by atoms with E-state index in [2.05, 4.69) is 5.32 Å². The summed E-state index contributed by atoms with van der Waals surface area (Å²) in [6.07, 6.45) is -6.67. The Balaban J connectivity index is 3.13. The van der Waals surface area contributed by atoms with Crippen molar-refractivity contribution in [1.82, 2.24) is 4.90 Å². The van der Waals surface area contributed by atoms with Crippen LogP contribution < -0.4 is 5.32 Å². The van der Waals surface area contributed by atoms with Crippen LogP contribution in [0.4, 0.5) is 23.7 Å². The highest BCUT2D eigenvalue weighted by Crippen LogP contribution is 2.30. The normalized spacial score (nSPS) is 14.1. The van der Waals surface area contributed by atoms with Crippen molar-refractivity contribution in [3.8, 4) is 0 Å². The summed E-state index contributed by atoms with van der Waals surface area (Å²) in [6, 6.07) is 2.12. The van der Waals surface area contributed by atoms with Gasteiger partial charge in [0, 0.05) is 11.7 Å². The Kier molecular flexibility index (Phi) is 9.33. The highest BCUT2D eigenvalue weighted by Gasteiger charge is 2.43. The van der Waals surface area contributed by atoms with Gasteiger partial charge in [0.1, 0.15) is 6.04 Å². The van der Waals surface area contributed by atoms with Crippen molar-refractivity contribution in [2.75, 3.05) is 5.32 Å². The maximum absolute atomic E-state index is 13.4. The molecule has 0 aliphatic carbocycles. The molecular weight excluding hydrogens is 441 g/mol. The number of anilines is 1. The summed E-state index contributed by atoms with van der Waals surface area (Å²) < 4.78 is 43.5. The van der Waals surface area contributed by atoms with Gasteiger partial charge < -0.3 is 14.7 Å². The summed E-state index contributed by atoms with van der Waals surface area (Å²) in [6.45, 7) is 12.1. The largest absolute Gasteiger partial charge is 0.480 e. The number of amides is 2. The number of carboxylic acid groups (broad SMARTS) is 1. The number of rotatable bonds is 8. The van der Waals surface area contributed by atoms with Gasteiger partial charge in [-0.2, -0.15) is 13.2 Å². The molecule has 1 aromatic carbocycles. The van der Waals surface area contributed by atoms with Gasteiger partial charge in [0.05, 0.1) is 5.56 Å². The molecule has 1 unspecified atom stereocenters. The van der Waals surface area contributed by atoms with Crippen LogP contribution in [0.15, 0.2) is 24.3 Å². The topological polar surface area (TPSA) is 95.9 Å². The van der Waals surface area contributed by atoms with Crippen molar-refractivity contribution in [2.45, 2.75) is 79.3 Å². The molecule has 2 atom stereocenters. The van der Waals surface area contributed by atoms with E-state index < -0.39 is 53.3 Å². The second-order valence-electron chi connectivity index (χ2n) is 9.67. The zero-order chi connectivity index (χ0) is 25.7. The molecule has 0 fully saturated rings. The lowest BCUT2D eigenvalue weighted by Gasteiger charge is -2.41. The molecule has 0 aliphatic rings. The molecule has 0 bridgehead atoms. The van der Waals surface area contributed by atoms with Crippen LogP contribution in [0.1, 0.15) is 60.5 Å². The smallest absolute Gasteiger partial charge is 0.416 e. The fourth-order valence-electron chi connectivity index (χ4n) is 3.40. The lowest BCUT2D eigenvalue weighted by Crippen LogP contribution is -2.58. The quantitative estimate of drug-likeness (QED) is 0.526. The molecule has 0 aliphatic heterocycles. The van der Waals surface area contributed by atoms with Crippen molar-refractivity contribution in [3.05, 3.63) is 29.8 Å². The zero-order valence-electron chi connectivity index (χ0n) is 20.0. The lowest BCUT2D eigenvalue weighted by molar-refractivity contribution is -0.161. The number of nitrogens with zero attached hydrogens (tertiary/aromatic N) is 1. The van der Waals surface area contributed by atoms with Crippen molar-refractivity contribution < 1.29 is 37.4 Å². The SMILES string of the molecule is CC(C)C[C@H](OC(=O)Nc1ccc(C(F)(F)F)cc1)C(=O)N(C(C)C)C(C(=O)O)C(C)(C)C. The van der Waals surface area contributed by atoms with E-state index in [1.807, 2.05) is 13.8 Å². The Morgan fingerprint density at radius 3 is 1.91 bits per heavy atom. The third-order valence-corrected chi connectivity index (χ3v) is 4.81. The van der Waals surface area contributed by atoms with E-state index in [0.29, 0.717) is 0 Å². The third kappa shape index (κ3) is 8.25. The summed E-state index contributed by atoms with van der Waals surface area (Å²) in [7, 11) is 0. The zero-order valence-corrected chi connectivity index (χ0v) is 20.0. The molecule has 0 radical (unpaired) electrons. The predicted octanol–water partition coefficient (Wildman–Crippen LogP) is 5.40. The highest BCUT2D eigenvalue weighted by molar-refractivity contribution is 5.91. The summed E-state index contributed by atoms with van der Waals surface area (Å²) in [5.74, 6) is -1.89. The van der Waals surface area contributed by atoms with Gasteiger partial charge in [-0.3, -0.25) is 10.1 Å². The molecule has 0 aromatic heterocycles. The van der Waals surface area contributed by atoms with Crippen LogP contribution in [0.5, 0.6) is 0 Å². The second-order valence-corrected chi connectivity index (χ2v) is 9.67. The average molecular weight is 475 g/mol. The molecule has 2 N–H and O–H groups in total. The van der Waals surface area contributed by atoms with E-state index >= 15 is 0 Å². The van der Waals surface area contributed by atoms with E-state index in [9.17, 15) is 32.7 Å². The predicted molar refractivity (Wildman–Crippen MR) is 118 cm³/mol. The van der Waals surface area contributed by atoms with Gasteiger partial charge in [-0.25, -0.2) is 9.59 Å². The molecule has 0 saturated heterocycles. The number of aliphatic carboxylic acids is 1. The molecule has 33 heavy (non-hydrogen) atoms. The Hall–Kier alpha value is -2.78. The Morgan fingerprint density at radius 2 is 1.55 bits per heavy atom. The minimum Gasteiger partial charge on any atom is -0.480 e. The number of carbonyl (C=O) groups excluding carboxylic acids is 2. The second kappa shape index (κ2) is 10.9. The molecular formula is C23H33F3N2O5. The van der Waals surface area contributed by atoms with Crippen LogP contribution in [-0.2, 0) is 20.5 Å². The number of alkyl halides is 3. The summed E-state index contributed by atoms with van der Waals surface area (Å²) >= 11 is 0. The number of benzene rings is 1. The van der Waals surface area contributed by atoms with Gasteiger partial charge in [0.15, 0.2) is 6.10 Å².